The first-order valence-corrected chi connectivity index (χ1v) is 6.17. The second-order valence-corrected chi connectivity index (χ2v) is 4.11. The number of amides is 1. The van der Waals surface area contributed by atoms with Crippen molar-refractivity contribution in [3.05, 3.63) is 23.8 Å². The SMILES string of the molecule is CCC/C(C)=N/NC(=O)c1ccc(OC)c(OC)c1. The van der Waals surface area contributed by atoms with Crippen LogP contribution in [0.2, 0.25) is 0 Å². The molecule has 1 amide bonds. The molecule has 1 aromatic carbocycles. The summed E-state index contributed by atoms with van der Waals surface area (Å²) in [6.45, 7) is 3.95. The van der Waals surface area contributed by atoms with Gasteiger partial charge in [0.15, 0.2) is 11.5 Å². The predicted octanol–water partition coefficient (Wildman–Crippen LogP) is 2.61. The Morgan fingerprint density at radius 3 is 2.53 bits per heavy atom. The van der Waals surface area contributed by atoms with Gasteiger partial charge < -0.3 is 9.47 Å². The molecule has 0 aliphatic carbocycles. The minimum atomic E-state index is -0.267. The second-order valence-electron chi connectivity index (χ2n) is 4.11. The monoisotopic (exact) mass is 264 g/mol. The summed E-state index contributed by atoms with van der Waals surface area (Å²) in [4.78, 5) is 11.9. The van der Waals surface area contributed by atoms with Crippen LogP contribution in [0.5, 0.6) is 11.5 Å². The Morgan fingerprint density at radius 2 is 1.95 bits per heavy atom. The van der Waals surface area contributed by atoms with E-state index < -0.39 is 0 Å². The summed E-state index contributed by atoms with van der Waals surface area (Å²) in [5.41, 5.74) is 3.90. The van der Waals surface area contributed by atoms with Crippen molar-refractivity contribution < 1.29 is 14.3 Å². The molecule has 1 rings (SSSR count). The Morgan fingerprint density at radius 1 is 1.26 bits per heavy atom. The van der Waals surface area contributed by atoms with E-state index in [2.05, 4.69) is 17.5 Å². The first kappa shape index (κ1) is 15.0. The van der Waals surface area contributed by atoms with Gasteiger partial charge in [-0.25, -0.2) is 5.43 Å². The summed E-state index contributed by atoms with van der Waals surface area (Å²) in [6.07, 6.45) is 1.87. The zero-order valence-corrected chi connectivity index (χ0v) is 11.8. The lowest BCUT2D eigenvalue weighted by Crippen LogP contribution is -2.19. The van der Waals surface area contributed by atoms with Crippen LogP contribution < -0.4 is 14.9 Å². The zero-order chi connectivity index (χ0) is 14.3. The third-order valence-corrected chi connectivity index (χ3v) is 2.61. The molecule has 19 heavy (non-hydrogen) atoms. The fraction of sp³-hybridized carbons (Fsp3) is 0.429. The minimum absolute atomic E-state index is 0.267. The van der Waals surface area contributed by atoms with E-state index in [1.54, 1.807) is 25.3 Å². The lowest BCUT2D eigenvalue weighted by Gasteiger charge is -2.08. The maximum atomic E-state index is 11.9. The standard InChI is InChI=1S/C14H20N2O3/c1-5-6-10(2)15-16-14(17)11-7-8-12(18-3)13(9-11)19-4/h7-9H,5-6H2,1-4H3,(H,16,17)/b15-10+. The molecule has 0 saturated carbocycles. The summed E-state index contributed by atoms with van der Waals surface area (Å²) in [5.74, 6) is 0.838. The molecule has 0 radical (unpaired) electrons. The Hall–Kier alpha value is -2.04. The Bertz CT molecular complexity index is 470. The number of nitrogens with one attached hydrogen (secondary N) is 1. The number of carbonyl (C=O) groups excluding carboxylic acids is 1. The molecule has 0 aromatic heterocycles. The number of hydrazone groups is 1. The highest BCUT2D eigenvalue weighted by molar-refractivity contribution is 5.95. The fourth-order valence-corrected chi connectivity index (χ4v) is 1.61. The van der Waals surface area contributed by atoms with E-state index in [-0.39, 0.29) is 5.91 Å². The minimum Gasteiger partial charge on any atom is -0.493 e. The van der Waals surface area contributed by atoms with Gasteiger partial charge in [0, 0.05) is 11.3 Å². The number of rotatable bonds is 6. The van der Waals surface area contributed by atoms with Gasteiger partial charge in [0.2, 0.25) is 0 Å². The van der Waals surface area contributed by atoms with Crippen LogP contribution in [0.15, 0.2) is 23.3 Å². The Labute approximate surface area is 113 Å². The van der Waals surface area contributed by atoms with E-state index in [0.29, 0.717) is 17.1 Å². The molecule has 0 spiro atoms. The van der Waals surface area contributed by atoms with Gasteiger partial charge in [-0.05, 0) is 31.5 Å². The molecule has 5 nitrogen and oxygen atoms in total. The summed E-state index contributed by atoms with van der Waals surface area (Å²) < 4.78 is 10.3. The summed E-state index contributed by atoms with van der Waals surface area (Å²) >= 11 is 0. The number of methoxy groups -OCH3 is 2. The van der Waals surface area contributed by atoms with Crippen LogP contribution in [-0.4, -0.2) is 25.8 Å². The summed E-state index contributed by atoms with van der Waals surface area (Å²) in [7, 11) is 3.08. The molecular formula is C14H20N2O3. The lowest BCUT2D eigenvalue weighted by molar-refractivity contribution is 0.0954. The Balaban J connectivity index is 2.80. The van der Waals surface area contributed by atoms with Gasteiger partial charge in [0.1, 0.15) is 0 Å². The Kier molecular flexibility index (Phi) is 5.85. The third-order valence-electron chi connectivity index (χ3n) is 2.61. The molecule has 0 aliphatic rings. The second kappa shape index (κ2) is 7.41. The van der Waals surface area contributed by atoms with Gasteiger partial charge in [0.25, 0.3) is 5.91 Å². The highest BCUT2D eigenvalue weighted by Crippen LogP contribution is 2.27. The van der Waals surface area contributed by atoms with Crippen molar-refractivity contribution >= 4 is 11.6 Å². The molecule has 1 N–H and O–H groups in total. The number of ether oxygens (including phenoxy) is 2. The molecule has 0 heterocycles. The van der Waals surface area contributed by atoms with E-state index in [1.807, 2.05) is 6.92 Å². The summed E-state index contributed by atoms with van der Waals surface area (Å²) in [6, 6.07) is 4.98. The average Bonchev–Trinajstić information content (AvgIpc) is 2.44. The number of hydrogen-bond donors (Lipinski definition) is 1. The van der Waals surface area contributed by atoms with E-state index in [9.17, 15) is 4.79 Å². The van der Waals surface area contributed by atoms with Gasteiger partial charge in [-0.3, -0.25) is 4.79 Å². The highest BCUT2D eigenvalue weighted by atomic mass is 16.5. The van der Waals surface area contributed by atoms with Crippen molar-refractivity contribution in [3.63, 3.8) is 0 Å². The van der Waals surface area contributed by atoms with E-state index in [1.165, 1.54) is 7.11 Å². The third kappa shape index (κ3) is 4.28. The fourth-order valence-electron chi connectivity index (χ4n) is 1.61. The van der Waals surface area contributed by atoms with Crippen molar-refractivity contribution in [1.29, 1.82) is 0 Å². The maximum Gasteiger partial charge on any atom is 0.271 e. The number of hydrogen-bond acceptors (Lipinski definition) is 4. The van der Waals surface area contributed by atoms with Crippen LogP contribution in [0.3, 0.4) is 0 Å². The van der Waals surface area contributed by atoms with Crippen LogP contribution >= 0.6 is 0 Å². The van der Waals surface area contributed by atoms with Gasteiger partial charge in [-0.15, -0.1) is 0 Å². The number of benzene rings is 1. The van der Waals surface area contributed by atoms with Crippen molar-refractivity contribution in [1.82, 2.24) is 5.43 Å². The van der Waals surface area contributed by atoms with Crippen LogP contribution in [0.4, 0.5) is 0 Å². The van der Waals surface area contributed by atoms with Crippen LogP contribution in [0.25, 0.3) is 0 Å². The quantitative estimate of drug-likeness (QED) is 0.634. The van der Waals surface area contributed by atoms with Crippen molar-refractivity contribution in [2.24, 2.45) is 5.10 Å². The predicted molar refractivity (Wildman–Crippen MR) is 75.0 cm³/mol. The van der Waals surface area contributed by atoms with Crippen LogP contribution in [0.1, 0.15) is 37.0 Å². The smallest absolute Gasteiger partial charge is 0.271 e. The molecule has 1 aromatic rings. The van der Waals surface area contributed by atoms with Gasteiger partial charge in [0.05, 0.1) is 14.2 Å². The molecule has 5 heteroatoms. The van der Waals surface area contributed by atoms with Crippen LogP contribution in [0, 0.1) is 0 Å². The number of nitrogens with zero attached hydrogens (tertiary/aromatic N) is 1. The molecule has 104 valence electrons. The van der Waals surface area contributed by atoms with Crippen molar-refractivity contribution in [3.8, 4) is 11.5 Å². The molecule has 0 aliphatic heterocycles. The first-order valence-electron chi connectivity index (χ1n) is 6.17. The summed E-state index contributed by atoms with van der Waals surface area (Å²) in [5, 5.41) is 4.03. The normalized spacial score (nSPS) is 11.1. The molecule has 0 unspecified atom stereocenters. The van der Waals surface area contributed by atoms with E-state index in [4.69, 9.17) is 9.47 Å². The highest BCUT2D eigenvalue weighted by Gasteiger charge is 2.10. The van der Waals surface area contributed by atoms with E-state index in [0.717, 1.165) is 18.6 Å². The molecule has 0 atom stereocenters. The molecular weight excluding hydrogens is 244 g/mol. The van der Waals surface area contributed by atoms with Crippen LogP contribution in [-0.2, 0) is 0 Å². The van der Waals surface area contributed by atoms with Gasteiger partial charge in [-0.1, -0.05) is 13.3 Å². The lowest BCUT2D eigenvalue weighted by atomic mass is 10.2. The van der Waals surface area contributed by atoms with Gasteiger partial charge >= 0.3 is 0 Å². The maximum absolute atomic E-state index is 11.9. The number of carbonyl (C=O) groups is 1. The first-order chi connectivity index (χ1) is 9.12. The average molecular weight is 264 g/mol. The van der Waals surface area contributed by atoms with E-state index >= 15 is 0 Å². The van der Waals surface area contributed by atoms with Gasteiger partial charge in [-0.2, -0.15) is 5.10 Å². The molecule has 0 saturated heterocycles. The zero-order valence-electron chi connectivity index (χ0n) is 11.8. The largest absolute Gasteiger partial charge is 0.493 e. The topological polar surface area (TPSA) is 59.9 Å². The molecule has 0 bridgehead atoms. The van der Waals surface area contributed by atoms with Crippen molar-refractivity contribution in [2.75, 3.05) is 14.2 Å². The molecule has 0 fully saturated rings. The van der Waals surface area contributed by atoms with Crippen molar-refractivity contribution in [2.45, 2.75) is 26.7 Å².